The van der Waals surface area contributed by atoms with E-state index in [1.165, 1.54) is 12.3 Å². The van der Waals surface area contributed by atoms with Crippen LogP contribution in [0.3, 0.4) is 0 Å². The van der Waals surface area contributed by atoms with Gasteiger partial charge in [-0.05, 0) is 48.6 Å². The second-order valence-corrected chi connectivity index (χ2v) is 5.93. The van der Waals surface area contributed by atoms with Crippen molar-refractivity contribution >= 4 is 35.1 Å². The lowest BCUT2D eigenvalue weighted by Gasteiger charge is -2.06. The first kappa shape index (κ1) is 15.7. The monoisotopic (exact) mass is 322 g/mol. The van der Waals surface area contributed by atoms with Gasteiger partial charge in [-0.1, -0.05) is 11.6 Å². The largest absolute Gasteiger partial charge is 0.504 e. The Morgan fingerprint density at radius 1 is 1.29 bits per heavy atom. The maximum absolute atomic E-state index is 11.7. The van der Waals surface area contributed by atoms with Crippen LogP contribution in [0.4, 0.5) is 5.82 Å². The van der Waals surface area contributed by atoms with Crippen molar-refractivity contribution in [3.05, 3.63) is 47.6 Å². The minimum Gasteiger partial charge on any atom is -0.504 e. The fourth-order valence-electron chi connectivity index (χ4n) is 1.64. The smallest absolute Gasteiger partial charge is 0.225 e. The molecule has 0 aliphatic carbocycles. The molecule has 1 aromatic carbocycles. The summed E-state index contributed by atoms with van der Waals surface area (Å²) in [5.41, 5.74) is 0. The summed E-state index contributed by atoms with van der Waals surface area (Å²) >= 11 is 7.49. The topological polar surface area (TPSA) is 62.2 Å². The van der Waals surface area contributed by atoms with Gasteiger partial charge in [-0.25, -0.2) is 4.98 Å². The van der Waals surface area contributed by atoms with Crippen LogP contribution >= 0.6 is 23.4 Å². The van der Waals surface area contributed by atoms with Crippen molar-refractivity contribution < 1.29 is 9.90 Å². The predicted octanol–water partition coefficient (Wildman–Crippen LogP) is 3.95. The number of pyridine rings is 1. The first-order valence-corrected chi connectivity index (χ1v) is 7.84. The molecule has 0 aliphatic heterocycles. The third-order valence-electron chi connectivity index (χ3n) is 2.67. The first-order chi connectivity index (χ1) is 10.1. The average Bonchev–Trinajstić information content (AvgIpc) is 2.48. The zero-order valence-electron chi connectivity index (χ0n) is 11.3. The molecule has 0 aliphatic rings. The lowest BCUT2D eigenvalue weighted by molar-refractivity contribution is -0.116. The molecule has 0 bridgehead atoms. The maximum atomic E-state index is 11.7. The van der Waals surface area contributed by atoms with Gasteiger partial charge in [0.15, 0.2) is 11.6 Å². The molecular weight excluding hydrogens is 308 g/mol. The summed E-state index contributed by atoms with van der Waals surface area (Å²) in [6.45, 7) is 0. The molecule has 0 saturated heterocycles. The predicted molar refractivity (Wildman–Crippen MR) is 85.9 cm³/mol. The van der Waals surface area contributed by atoms with Gasteiger partial charge >= 0.3 is 0 Å². The number of carbonyl (C=O) groups is 1. The van der Waals surface area contributed by atoms with Gasteiger partial charge in [0.2, 0.25) is 5.91 Å². The lowest BCUT2D eigenvalue weighted by atomic mass is 10.3. The maximum Gasteiger partial charge on any atom is 0.225 e. The van der Waals surface area contributed by atoms with Crippen molar-refractivity contribution in [2.45, 2.75) is 17.7 Å². The highest BCUT2D eigenvalue weighted by Crippen LogP contribution is 2.22. The Hall–Kier alpha value is -1.72. The normalized spacial score (nSPS) is 10.3. The van der Waals surface area contributed by atoms with Crippen LogP contribution in [0.25, 0.3) is 0 Å². The van der Waals surface area contributed by atoms with E-state index in [1.54, 1.807) is 17.8 Å². The quantitative estimate of drug-likeness (QED) is 0.624. The molecule has 0 atom stereocenters. The van der Waals surface area contributed by atoms with Crippen LogP contribution in [0.2, 0.25) is 5.02 Å². The van der Waals surface area contributed by atoms with Crippen LogP contribution in [0.1, 0.15) is 12.8 Å². The highest BCUT2D eigenvalue weighted by Gasteiger charge is 2.06. The molecule has 0 unspecified atom stereocenters. The summed E-state index contributed by atoms with van der Waals surface area (Å²) < 4.78 is 0. The van der Waals surface area contributed by atoms with Crippen LogP contribution in [-0.2, 0) is 4.79 Å². The van der Waals surface area contributed by atoms with Crippen molar-refractivity contribution in [2.75, 3.05) is 11.1 Å². The van der Waals surface area contributed by atoms with Crippen molar-refractivity contribution in [1.29, 1.82) is 0 Å². The molecular formula is C15H15ClN2O2S. The summed E-state index contributed by atoms with van der Waals surface area (Å²) in [6, 6.07) is 10.7. The molecule has 0 spiro atoms. The van der Waals surface area contributed by atoms with E-state index in [9.17, 15) is 9.90 Å². The van der Waals surface area contributed by atoms with Crippen LogP contribution in [0.15, 0.2) is 47.5 Å². The van der Waals surface area contributed by atoms with E-state index in [1.807, 2.05) is 24.3 Å². The number of benzene rings is 1. The molecule has 2 rings (SSSR count). The van der Waals surface area contributed by atoms with Gasteiger partial charge in [0.05, 0.1) is 0 Å². The average molecular weight is 323 g/mol. The van der Waals surface area contributed by atoms with E-state index in [0.717, 1.165) is 17.1 Å². The second kappa shape index (κ2) is 7.90. The van der Waals surface area contributed by atoms with Crippen LogP contribution < -0.4 is 5.32 Å². The second-order valence-electron chi connectivity index (χ2n) is 4.33. The third kappa shape index (κ3) is 5.28. The number of hydrogen-bond acceptors (Lipinski definition) is 4. The van der Waals surface area contributed by atoms with E-state index in [2.05, 4.69) is 10.3 Å². The number of nitrogens with one attached hydrogen (secondary N) is 1. The van der Waals surface area contributed by atoms with Gasteiger partial charge < -0.3 is 10.4 Å². The summed E-state index contributed by atoms with van der Waals surface area (Å²) in [7, 11) is 0. The van der Waals surface area contributed by atoms with Crippen molar-refractivity contribution in [1.82, 2.24) is 4.98 Å². The fourth-order valence-corrected chi connectivity index (χ4v) is 2.62. The summed E-state index contributed by atoms with van der Waals surface area (Å²) in [4.78, 5) is 16.8. The van der Waals surface area contributed by atoms with E-state index in [0.29, 0.717) is 11.4 Å². The third-order valence-corrected chi connectivity index (χ3v) is 4.03. The lowest BCUT2D eigenvalue weighted by Crippen LogP contribution is -2.12. The Balaban J connectivity index is 1.70. The summed E-state index contributed by atoms with van der Waals surface area (Å²) in [5, 5.41) is 12.8. The highest BCUT2D eigenvalue weighted by atomic mass is 35.5. The van der Waals surface area contributed by atoms with Gasteiger partial charge in [-0.15, -0.1) is 11.8 Å². The molecule has 4 nitrogen and oxygen atoms in total. The van der Waals surface area contributed by atoms with Crippen LogP contribution in [0.5, 0.6) is 5.75 Å². The molecule has 6 heteroatoms. The van der Waals surface area contributed by atoms with Gasteiger partial charge in [-0.3, -0.25) is 4.79 Å². The number of hydrogen-bond donors (Lipinski definition) is 2. The molecule has 1 aromatic heterocycles. The number of halogens is 1. The first-order valence-electron chi connectivity index (χ1n) is 6.47. The Kier molecular flexibility index (Phi) is 5.90. The van der Waals surface area contributed by atoms with Gasteiger partial charge in [-0.2, -0.15) is 0 Å². The van der Waals surface area contributed by atoms with E-state index >= 15 is 0 Å². The number of amides is 1. The van der Waals surface area contributed by atoms with Gasteiger partial charge in [0.25, 0.3) is 0 Å². The minimum atomic E-state index is -0.152. The number of carbonyl (C=O) groups excluding carboxylic acids is 1. The molecule has 0 radical (unpaired) electrons. The van der Waals surface area contributed by atoms with E-state index in [4.69, 9.17) is 11.6 Å². The Labute approximate surface area is 132 Å². The molecule has 110 valence electrons. The number of thioether (sulfide) groups is 1. The molecule has 0 fully saturated rings. The molecule has 2 aromatic rings. The molecule has 2 N–H and O–H groups in total. The van der Waals surface area contributed by atoms with E-state index < -0.39 is 0 Å². The number of nitrogens with zero attached hydrogens (tertiary/aromatic N) is 1. The fraction of sp³-hybridized carbons (Fsp3) is 0.200. The van der Waals surface area contributed by atoms with E-state index in [-0.39, 0.29) is 17.5 Å². The number of anilines is 1. The Morgan fingerprint density at radius 2 is 2.05 bits per heavy atom. The zero-order chi connectivity index (χ0) is 15.1. The molecule has 21 heavy (non-hydrogen) atoms. The van der Waals surface area contributed by atoms with Crippen molar-refractivity contribution in [3.63, 3.8) is 0 Å². The van der Waals surface area contributed by atoms with Crippen LogP contribution in [0, 0.1) is 0 Å². The summed E-state index contributed by atoms with van der Waals surface area (Å²) in [6.07, 6.45) is 2.65. The Morgan fingerprint density at radius 3 is 2.76 bits per heavy atom. The molecule has 1 heterocycles. The van der Waals surface area contributed by atoms with Crippen LogP contribution in [-0.4, -0.2) is 21.8 Å². The van der Waals surface area contributed by atoms with Crippen molar-refractivity contribution in [3.8, 4) is 5.75 Å². The SMILES string of the molecule is O=C(CCCSc1ccc(Cl)cc1)Nc1ncccc1O. The highest BCUT2D eigenvalue weighted by molar-refractivity contribution is 7.99. The number of aromatic hydroxyl groups is 1. The standard InChI is InChI=1S/C15H15ClN2O2S/c16-11-5-7-12(8-6-11)21-10-2-4-14(20)18-15-13(19)3-1-9-17-15/h1,3,5-9,19H,2,4,10H2,(H,17,18,20). The minimum absolute atomic E-state index is 0.0265. The van der Waals surface area contributed by atoms with Gasteiger partial charge in [0, 0.05) is 22.5 Å². The number of rotatable bonds is 6. The number of aromatic nitrogens is 1. The van der Waals surface area contributed by atoms with Crippen molar-refractivity contribution in [2.24, 2.45) is 0 Å². The Bertz CT molecular complexity index is 605. The van der Waals surface area contributed by atoms with Gasteiger partial charge in [0.1, 0.15) is 0 Å². The zero-order valence-corrected chi connectivity index (χ0v) is 12.8. The summed E-state index contributed by atoms with van der Waals surface area (Å²) in [5.74, 6) is 0.860. The molecule has 1 amide bonds. The molecule has 0 saturated carbocycles.